The summed E-state index contributed by atoms with van der Waals surface area (Å²) in [5, 5.41) is 10.7. The van der Waals surface area contributed by atoms with Crippen molar-refractivity contribution in [2.45, 2.75) is 39.2 Å². The van der Waals surface area contributed by atoms with Gasteiger partial charge in [0.15, 0.2) is 11.5 Å². The number of aromatic nitrogens is 2. The Bertz CT molecular complexity index is 1180. The molecule has 0 aliphatic rings. The Morgan fingerprint density at radius 1 is 1.11 bits per heavy atom. The fourth-order valence-corrected chi connectivity index (χ4v) is 4.08. The number of methoxy groups -OCH3 is 3. The third kappa shape index (κ3) is 6.36. The molecule has 0 unspecified atom stereocenters. The number of halogens is 1. The average Bonchev–Trinajstić information content (AvgIpc) is 3.23. The molecule has 0 bridgehead atoms. The minimum Gasteiger partial charge on any atom is -0.493 e. The number of carboxylic acid groups (broad SMARTS) is 1. The maximum Gasteiger partial charge on any atom is 0.331 e. The Morgan fingerprint density at radius 3 is 2.37 bits per heavy atom. The van der Waals surface area contributed by atoms with Gasteiger partial charge in [0, 0.05) is 23.4 Å². The van der Waals surface area contributed by atoms with Crippen LogP contribution in [0.3, 0.4) is 0 Å². The minimum absolute atomic E-state index is 0.160. The summed E-state index contributed by atoms with van der Waals surface area (Å²) in [6.45, 7) is 2.63. The molecule has 0 fully saturated rings. The van der Waals surface area contributed by atoms with Gasteiger partial charge in [-0.25, -0.2) is 9.78 Å². The molecule has 0 saturated heterocycles. The Labute approximate surface area is 210 Å². The zero-order chi connectivity index (χ0) is 25.4. The van der Waals surface area contributed by atoms with E-state index >= 15 is 0 Å². The summed E-state index contributed by atoms with van der Waals surface area (Å²) in [5.74, 6) is 1.28. The zero-order valence-corrected chi connectivity index (χ0v) is 21.3. The number of imidazole rings is 1. The molecule has 1 N–H and O–H groups in total. The molecule has 0 saturated carbocycles. The first-order valence-corrected chi connectivity index (χ1v) is 11.8. The molecule has 0 radical (unpaired) electrons. The summed E-state index contributed by atoms with van der Waals surface area (Å²) in [4.78, 5) is 16.8. The maximum absolute atomic E-state index is 12.2. The van der Waals surface area contributed by atoms with Gasteiger partial charge in [0.05, 0.1) is 39.8 Å². The normalized spacial score (nSPS) is 11.4. The molecule has 35 heavy (non-hydrogen) atoms. The van der Waals surface area contributed by atoms with E-state index in [4.69, 9.17) is 25.8 Å². The van der Waals surface area contributed by atoms with Crippen LogP contribution in [0.4, 0.5) is 0 Å². The summed E-state index contributed by atoms with van der Waals surface area (Å²) in [6.07, 6.45) is 6.37. The van der Waals surface area contributed by atoms with Crippen molar-refractivity contribution in [3.8, 4) is 17.2 Å². The van der Waals surface area contributed by atoms with Crippen LogP contribution in [-0.4, -0.2) is 42.0 Å². The Hall–Kier alpha value is -3.45. The third-order valence-corrected chi connectivity index (χ3v) is 6.09. The predicted molar refractivity (Wildman–Crippen MR) is 137 cm³/mol. The molecule has 8 heteroatoms. The molecule has 0 amide bonds. The molecule has 7 nitrogen and oxygen atoms in total. The Balaban J connectivity index is 2.02. The van der Waals surface area contributed by atoms with Crippen LogP contribution in [0.2, 0.25) is 5.02 Å². The molecule has 3 rings (SSSR count). The standard InChI is InChI=1S/C27H31ClN2O5/c1-5-6-11-25-29-16-21(30(25)17-19-9-7-8-10-22(19)28)15-20(27(31)32)12-18-13-23(33-2)26(35-4)24(14-18)34-3/h7-10,13-16H,5-6,11-12,17H2,1-4H3,(H,31,32)/b20-15+. The van der Waals surface area contributed by atoms with Gasteiger partial charge in [0.25, 0.3) is 0 Å². The van der Waals surface area contributed by atoms with E-state index in [1.807, 2.05) is 28.8 Å². The molecular weight excluding hydrogens is 468 g/mol. The van der Waals surface area contributed by atoms with E-state index < -0.39 is 5.97 Å². The fraction of sp³-hybridized carbons (Fsp3) is 0.333. The molecule has 0 aliphatic carbocycles. The number of aryl methyl sites for hydroxylation is 1. The van der Waals surface area contributed by atoms with Gasteiger partial charge in [-0.1, -0.05) is 43.1 Å². The van der Waals surface area contributed by atoms with Gasteiger partial charge in [-0.05, 0) is 41.8 Å². The number of ether oxygens (including phenoxy) is 3. The average molecular weight is 499 g/mol. The molecule has 2 aromatic carbocycles. The van der Waals surface area contributed by atoms with Crippen LogP contribution in [0.1, 0.15) is 42.4 Å². The van der Waals surface area contributed by atoms with E-state index in [-0.39, 0.29) is 12.0 Å². The second-order valence-electron chi connectivity index (χ2n) is 8.07. The number of rotatable bonds is 12. The van der Waals surface area contributed by atoms with Crippen LogP contribution >= 0.6 is 11.6 Å². The van der Waals surface area contributed by atoms with Crippen LogP contribution in [0.25, 0.3) is 6.08 Å². The van der Waals surface area contributed by atoms with Crippen LogP contribution < -0.4 is 14.2 Å². The van der Waals surface area contributed by atoms with Crippen molar-refractivity contribution < 1.29 is 24.1 Å². The fourth-order valence-electron chi connectivity index (χ4n) is 3.88. The highest BCUT2D eigenvalue weighted by molar-refractivity contribution is 6.31. The number of unbranched alkanes of at least 4 members (excludes halogenated alkanes) is 1. The van der Waals surface area contributed by atoms with E-state index in [1.165, 1.54) is 21.3 Å². The first-order valence-electron chi connectivity index (χ1n) is 11.4. The number of nitrogens with zero attached hydrogens (tertiary/aromatic N) is 2. The Kier molecular flexibility index (Phi) is 9.20. The van der Waals surface area contributed by atoms with E-state index in [0.717, 1.165) is 36.2 Å². The highest BCUT2D eigenvalue weighted by Gasteiger charge is 2.18. The van der Waals surface area contributed by atoms with Gasteiger partial charge < -0.3 is 23.9 Å². The summed E-state index contributed by atoms with van der Waals surface area (Å²) < 4.78 is 18.2. The van der Waals surface area contributed by atoms with Gasteiger partial charge in [-0.2, -0.15) is 0 Å². The van der Waals surface area contributed by atoms with Crippen LogP contribution in [0.15, 0.2) is 48.2 Å². The lowest BCUT2D eigenvalue weighted by molar-refractivity contribution is -0.132. The molecule has 0 spiro atoms. The van der Waals surface area contributed by atoms with Crippen molar-refractivity contribution in [2.75, 3.05) is 21.3 Å². The van der Waals surface area contributed by atoms with E-state index in [2.05, 4.69) is 11.9 Å². The molecule has 1 aromatic heterocycles. The quantitative estimate of drug-likeness (QED) is 0.324. The lowest BCUT2D eigenvalue weighted by Gasteiger charge is -2.15. The third-order valence-electron chi connectivity index (χ3n) is 5.73. The van der Waals surface area contributed by atoms with E-state index in [9.17, 15) is 9.90 Å². The molecular formula is C27H31ClN2O5. The van der Waals surface area contributed by atoms with Crippen molar-refractivity contribution in [2.24, 2.45) is 0 Å². The SMILES string of the molecule is CCCCc1ncc(/C=C(\Cc2cc(OC)c(OC)c(OC)c2)C(=O)O)n1Cc1ccccc1Cl. The minimum atomic E-state index is -1.01. The van der Waals surface area contributed by atoms with Crippen molar-refractivity contribution in [1.82, 2.24) is 9.55 Å². The number of hydrogen-bond donors (Lipinski definition) is 1. The second kappa shape index (κ2) is 12.3. The lowest BCUT2D eigenvalue weighted by Crippen LogP contribution is -2.10. The molecule has 1 heterocycles. The van der Waals surface area contributed by atoms with Gasteiger partial charge in [-0.3, -0.25) is 0 Å². The topological polar surface area (TPSA) is 82.8 Å². The predicted octanol–water partition coefficient (Wildman–Crippen LogP) is 5.66. The molecule has 0 atom stereocenters. The largest absolute Gasteiger partial charge is 0.493 e. The van der Waals surface area contributed by atoms with Crippen molar-refractivity contribution in [3.05, 3.63) is 75.8 Å². The highest BCUT2D eigenvalue weighted by Crippen LogP contribution is 2.38. The van der Waals surface area contributed by atoms with Crippen LogP contribution in [-0.2, 0) is 24.2 Å². The van der Waals surface area contributed by atoms with Gasteiger partial charge in [0.1, 0.15) is 5.82 Å². The van der Waals surface area contributed by atoms with Gasteiger partial charge >= 0.3 is 5.97 Å². The summed E-state index contributed by atoms with van der Waals surface area (Å²) in [5.41, 5.74) is 2.58. The number of aliphatic carboxylic acids is 1. The van der Waals surface area contributed by atoms with Gasteiger partial charge in [0.2, 0.25) is 5.75 Å². The number of benzene rings is 2. The van der Waals surface area contributed by atoms with Crippen molar-refractivity contribution >= 4 is 23.6 Å². The molecule has 186 valence electrons. The monoisotopic (exact) mass is 498 g/mol. The van der Waals surface area contributed by atoms with E-state index in [1.54, 1.807) is 24.4 Å². The molecule has 3 aromatic rings. The Morgan fingerprint density at radius 2 is 1.80 bits per heavy atom. The number of hydrogen-bond acceptors (Lipinski definition) is 5. The van der Waals surface area contributed by atoms with Crippen LogP contribution in [0.5, 0.6) is 17.2 Å². The van der Waals surface area contributed by atoms with Gasteiger partial charge in [-0.15, -0.1) is 0 Å². The zero-order valence-electron chi connectivity index (χ0n) is 20.5. The van der Waals surface area contributed by atoms with Crippen molar-refractivity contribution in [3.63, 3.8) is 0 Å². The molecule has 0 aliphatic heterocycles. The summed E-state index contributed by atoms with van der Waals surface area (Å²) in [6, 6.07) is 11.2. The van der Waals surface area contributed by atoms with Crippen molar-refractivity contribution in [1.29, 1.82) is 0 Å². The summed E-state index contributed by atoms with van der Waals surface area (Å²) >= 11 is 6.42. The highest BCUT2D eigenvalue weighted by atomic mass is 35.5. The first-order chi connectivity index (χ1) is 16.9. The second-order valence-corrected chi connectivity index (χ2v) is 8.47. The lowest BCUT2D eigenvalue weighted by atomic mass is 10.0. The van der Waals surface area contributed by atoms with Crippen LogP contribution in [0, 0.1) is 0 Å². The number of carbonyl (C=O) groups is 1. The number of carboxylic acids is 1. The van der Waals surface area contributed by atoms with E-state index in [0.29, 0.717) is 34.5 Å². The first kappa shape index (κ1) is 26.2. The smallest absolute Gasteiger partial charge is 0.331 e. The maximum atomic E-state index is 12.2. The summed E-state index contributed by atoms with van der Waals surface area (Å²) in [7, 11) is 4.58.